The number of carbonyl (C=O) groups is 3. The fraction of sp³-hybridized carbons (Fsp3) is 0.391. The van der Waals surface area contributed by atoms with E-state index in [9.17, 15) is 14.4 Å². The highest BCUT2D eigenvalue weighted by atomic mass is 35.5. The zero-order valence-electron chi connectivity index (χ0n) is 35.6. The minimum absolute atomic E-state index is 0.0173. The van der Waals surface area contributed by atoms with Crippen LogP contribution in [0.25, 0.3) is 5.00 Å². The summed E-state index contributed by atoms with van der Waals surface area (Å²) in [6.07, 6.45) is 1.20. The molecule has 63 heavy (non-hydrogen) atoms. The minimum atomic E-state index is -0.573. The van der Waals surface area contributed by atoms with E-state index in [0.717, 1.165) is 44.5 Å². The molecule has 3 N–H and O–H groups in total. The predicted octanol–water partition coefficient (Wildman–Crippen LogP) is 6.60. The average molecular weight is 895 g/mol. The first-order valence-electron chi connectivity index (χ1n) is 21.2. The lowest BCUT2D eigenvalue weighted by atomic mass is 9.99. The Hall–Kier alpha value is -5.65. The van der Waals surface area contributed by atoms with Crippen molar-refractivity contribution in [1.82, 2.24) is 25.0 Å². The van der Waals surface area contributed by atoms with Gasteiger partial charge in [0.15, 0.2) is 5.82 Å². The van der Waals surface area contributed by atoms with Crippen molar-refractivity contribution in [3.8, 4) is 10.8 Å². The number of anilines is 2. The number of aromatic nitrogens is 3. The van der Waals surface area contributed by atoms with Crippen LogP contribution in [-0.4, -0.2) is 108 Å². The number of thiophene rings is 1. The molecule has 17 heteroatoms. The summed E-state index contributed by atoms with van der Waals surface area (Å²) in [5.74, 6) is 1.87. The maximum absolute atomic E-state index is 13.5. The molecule has 0 unspecified atom stereocenters. The Kier molecular flexibility index (Phi) is 14.1. The van der Waals surface area contributed by atoms with Crippen LogP contribution in [0.5, 0.6) is 5.75 Å². The summed E-state index contributed by atoms with van der Waals surface area (Å²) in [6.45, 7) is 10.7. The number of fused-ring (bicyclic) bond motifs is 4. The second-order valence-electron chi connectivity index (χ2n) is 15.6. The first kappa shape index (κ1) is 44.0. The van der Waals surface area contributed by atoms with Crippen LogP contribution >= 0.6 is 22.9 Å². The summed E-state index contributed by atoms with van der Waals surface area (Å²) in [5.41, 5.74) is 7.12. The molecule has 3 aliphatic heterocycles. The van der Waals surface area contributed by atoms with Gasteiger partial charge in [0.1, 0.15) is 29.2 Å². The maximum Gasteiger partial charge on any atom is 0.254 e. The zero-order chi connectivity index (χ0) is 43.9. The van der Waals surface area contributed by atoms with E-state index in [-0.39, 0.29) is 30.2 Å². The Labute approximate surface area is 375 Å². The van der Waals surface area contributed by atoms with Crippen LogP contribution in [0.15, 0.2) is 71.7 Å². The fourth-order valence-electron chi connectivity index (χ4n) is 7.97. The summed E-state index contributed by atoms with van der Waals surface area (Å²) in [6, 6.07) is 20.0. The quantitative estimate of drug-likeness (QED) is 0.0768. The molecular formula is C46H51ClN8O7S. The maximum atomic E-state index is 13.5. The third kappa shape index (κ3) is 10.3. The molecule has 5 heterocycles. The van der Waals surface area contributed by atoms with Crippen LogP contribution in [0.2, 0.25) is 5.02 Å². The summed E-state index contributed by atoms with van der Waals surface area (Å²) in [4.78, 5) is 46.4. The second kappa shape index (κ2) is 20.2. The van der Waals surface area contributed by atoms with Crippen LogP contribution in [0.3, 0.4) is 0 Å². The Morgan fingerprint density at radius 2 is 1.63 bits per heavy atom. The second-order valence-corrected chi connectivity index (χ2v) is 17.2. The molecule has 3 aliphatic rings. The van der Waals surface area contributed by atoms with Crippen LogP contribution in [0, 0.1) is 20.8 Å². The smallest absolute Gasteiger partial charge is 0.254 e. The minimum Gasteiger partial charge on any atom is -0.491 e. The van der Waals surface area contributed by atoms with Crippen molar-refractivity contribution in [2.45, 2.75) is 58.7 Å². The average Bonchev–Trinajstić information content (AvgIpc) is 3.90. The van der Waals surface area contributed by atoms with Gasteiger partial charge in [-0.25, -0.2) is 0 Å². The van der Waals surface area contributed by atoms with E-state index in [0.29, 0.717) is 107 Å². The summed E-state index contributed by atoms with van der Waals surface area (Å²) >= 11 is 7.91. The van der Waals surface area contributed by atoms with E-state index >= 15 is 0 Å². The number of hydrogen-bond donors (Lipinski definition) is 3. The van der Waals surface area contributed by atoms with E-state index in [1.807, 2.05) is 71.0 Å². The molecule has 330 valence electrons. The number of hydrogen-bond acceptors (Lipinski definition) is 12. The molecular weight excluding hydrogens is 844 g/mol. The van der Waals surface area contributed by atoms with Gasteiger partial charge in [-0.3, -0.25) is 23.9 Å². The number of halogens is 1. The molecule has 3 amide bonds. The van der Waals surface area contributed by atoms with Gasteiger partial charge in [-0.05, 0) is 81.3 Å². The Balaban J connectivity index is 0.712. The highest BCUT2D eigenvalue weighted by Crippen LogP contribution is 2.40. The van der Waals surface area contributed by atoms with Gasteiger partial charge in [-0.2, -0.15) is 0 Å². The number of aryl methyl sites for hydroxylation is 2. The number of aliphatic imine (C=N–C) groups is 1. The normalized spacial score (nSPS) is 16.8. The summed E-state index contributed by atoms with van der Waals surface area (Å²) < 4.78 is 24.9. The van der Waals surface area contributed by atoms with Gasteiger partial charge >= 0.3 is 0 Å². The van der Waals surface area contributed by atoms with E-state index in [4.69, 9.17) is 35.5 Å². The van der Waals surface area contributed by atoms with Crippen LogP contribution in [-0.2, 0) is 30.3 Å². The van der Waals surface area contributed by atoms with Crippen LogP contribution in [0.1, 0.15) is 74.4 Å². The van der Waals surface area contributed by atoms with Gasteiger partial charge in [0.2, 0.25) is 11.8 Å². The van der Waals surface area contributed by atoms with Gasteiger partial charge in [-0.1, -0.05) is 29.8 Å². The molecule has 0 spiro atoms. The van der Waals surface area contributed by atoms with Crippen molar-refractivity contribution in [2.24, 2.45) is 4.99 Å². The molecule has 1 saturated heterocycles. The number of piperidine rings is 1. The number of ether oxygens (including phenoxy) is 4. The van der Waals surface area contributed by atoms with Crippen LogP contribution in [0.4, 0.5) is 11.4 Å². The van der Waals surface area contributed by atoms with Gasteiger partial charge in [-0.15, -0.1) is 21.5 Å². The van der Waals surface area contributed by atoms with Crippen LogP contribution < -0.4 is 20.7 Å². The van der Waals surface area contributed by atoms with Crippen molar-refractivity contribution < 1.29 is 33.3 Å². The number of nitrogens with zero attached hydrogens (tertiary/aromatic N) is 5. The Morgan fingerprint density at radius 3 is 2.37 bits per heavy atom. The fourth-order valence-corrected chi connectivity index (χ4v) is 9.31. The lowest BCUT2D eigenvalue weighted by molar-refractivity contribution is -0.123. The van der Waals surface area contributed by atoms with E-state index in [1.54, 1.807) is 23.5 Å². The largest absolute Gasteiger partial charge is 0.491 e. The Bertz CT molecular complexity index is 2460. The molecule has 0 radical (unpaired) electrons. The van der Waals surface area contributed by atoms with Crippen molar-refractivity contribution in [3.63, 3.8) is 0 Å². The monoisotopic (exact) mass is 894 g/mol. The number of carbonyl (C=O) groups excluding carboxylic acids is 3. The highest BCUT2D eigenvalue weighted by molar-refractivity contribution is 7.15. The van der Waals surface area contributed by atoms with Gasteiger partial charge in [0, 0.05) is 69.6 Å². The molecule has 2 aromatic heterocycles. The summed E-state index contributed by atoms with van der Waals surface area (Å²) in [7, 11) is 0. The SMILES string of the molecule is Cc1sc2c(c1C)C(c1ccc(Cl)cc1)=N[C@H](CC(=O)Nc1ccc(OCCOCCOCCOCCNc3cccc4c3CN([C@@H]3CCC(=O)NC3)C4=O)cc1)c1nnc(C)n1-2. The molecule has 1 fully saturated rings. The first-order valence-corrected chi connectivity index (χ1v) is 22.4. The number of amides is 3. The third-order valence-corrected chi connectivity index (χ3v) is 12.8. The molecule has 8 rings (SSSR count). The highest BCUT2D eigenvalue weighted by Gasteiger charge is 2.36. The lowest BCUT2D eigenvalue weighted by Crippen LogP contribution is -2.48. The standard InChI is InChI=1S/C46H51ClN8O7S/c1-28-29(2)63-46-42(28)43(31-7-9-32(47)10-8-31)51-39(44-53-52-30(3)55(44)46)25-41(57)50-33-11-14-35(15-12-33)62-24-23-61-22-21-60-20-19-59-18-17-48-38-6-4-5-36-37(38)27-54(45(36)58)34-13-16-40(56)49-26-34/h4-12,14-15,34,39,48H,13,16-27H2,1-3H3,(H,49,56)(H,50,57)/t34-,39-/m1/s1. The molecule has 0 bridgehead atoms. The van der Waals surface area contributed by atoms with Crippen molar-refractivity contribution >= 4 is 57.7 Å². The van der Waals surface area contributed by atoms with Gasteiger partial charge < -0.3 is 39.8 Å². The molecule has 0 aliphatic carbocycles. The van der Waals surface area contributed by atoms with E-state index < -0.39 is 6.04 Å². The van der Waals surface area contributed by atoms with Gasteiger partial charge in [0.25, 0.3) is 5.91 Å². The first-order chi connectivity index (χ1) is 30.6. The van der Waals surface area contributed by atoms with E-state index in [1.165, 1.54) is 4.88 Å². The molecule has 15 nitrogen and oxygen atoms in total. The number of rotatable bonds is 19. The number of benzene rings is 3. The van der Waals surface area contributed by atoms with Crippen molar-refractivity contribution in [1.29, 1.82) is 0 Å². The Morgan fingerprint density at radius 1 is 0.905 bits per heavy atom. The van der Waals surface area contributed by atoms with Gasteiger partial charge in [0.05, 0.1) is 57.8 Å². The molecule has 2 atom stereocenters. The zero-order valence-corrected chi connectivity index (χ0v) is 37.2. The van der Waals surface area contributed by atoms with Crippen molar-refractivity contribution in [3.05, 3.63) is 116 Å². The summed E-state index contributed by atoms with van der Waals surface area (Å²) in [5, 5.41) is 19.8. The molecule has 5 aromatic rings. The predicted molar refractivity (Wildman–Crippen MR) is 242 cm³/mol. The molecule has 0 saturated carbocycles. The van der Waals surface area contributed by atoms with Crippen molar-refractivity contribution in [2.75, 3.05) is 70.0 Å². The lowest BCUT2D eigenvalue weighted by Gasteiger charge is -2.31. The topological polar surface area (TPSA) is 171 Å². The number of nitrogens with one attached hydrogen (secondary N) is 3. The molecule has 3 aromatic carbocycles. The van der Waals surface area contributed by atoms with E-state index in [2.05, 4.69) is 40.0 Å². The third-order valence-electron chi connectivity index (χ3n) is 11.4.